The lowest BCUT2D eigenvalue weighted by Gasteiger charge is -2.24. The minimum absolute atomic E-state index is 0.0117. The van der Waals surface area contributed by atoms with Crippen LogP contribution < -0.4 is 19.6 Å². The fourth-order valence-electron chi connectivity index (χ4n) is 3.88. The minimum atomic E-state index is -0.618. The Morgan fingerprint density at radius 1 is 1.24 bits per heavy atom. The van der Waals surface area contributed by atoms with E-state index in [1.54, 1.807) is 18.4 Å². The van der Waals surface area contributed by atoms with E-state index >= 15 is 0 Å². The van der Waals surface area contributed by atoms with Crippen molar-refractivity contribution in [2.75, 3.05) is 6.61 Å². The standard InChI is InChI=1S/C26H25BrN2O4S/c1-5-32-25(31)22-16(4)28-26-29(23(22)17-9-7-6-8-10-17)24(30)21(34-26)14-18-13-19(27)11-12-20(18)33-15(2)3/h6-15,23H,5H2,1-4H3/b21-14+/t23-/m0/s1. The molecular weight excluding hydrogens is 516 g/mol. The molecule has 0 unspecified atom stereocenters. The average molecular weight is 541 g/mol. The number of thiazole rings is 1. The van der Waals surface area contributed by atoms with Gasteiger partial charge < -0.3 is 9.47 Å². The number of ether oxygens (including phenoxy) is 2. The second-order valence-electron chi connectivity index (χ2n) is 8.06. The molecule has 2 aromatic carbocycles. The van der Waals surface area contributed by atoms with E-state index in [-0.39, 0.29) is 18.3 Å². The van der Waals surface area contributed by atoms with Crippen molar-refractivity contribution in [1.29, 1.82) is 0 Å². The van der Waals surface area contributed by atoms with Crippen LogP contribution in [-0.2, 0) is 9.53 Å². The first-order valence-corrected chi connectivity index (χ1v) is 12.6. The third kappa shape index (κ3) is 4.79. The number of nitrogens with zero attached hydrogens (tertiary/aromatic N) is 2. The lowest BCUT2D eigenvalue weighted by Crippen LogP contribution is -2.39. The van der Waals surface area contributed by atoms with Gasteiger partial charge in [0.25, 0.3) is 5.56 Å². The molecule has 0 fully saturated rings. The second-order valence-corrected chi connectivity index (χ2v) is 9.99. The van der Waals surface area contributed by atoms with Crippen molar-refractivity contribution < 1.29 is 14.3 Å². The summed E-state index contributed by atoms with van der Waals surface area (Å²) in [5.74, 6) is 0.221. The Hall–Kier alpha value is -2.97. The Morgan fingerprint density at radius 3 is 2.65 bits per heavy atom. The van der Waals surface area contributed by atoms with Crippen LogP contribution in [0, 0.1) is 0 Å². The molecule has 1 aliphatic heterocycles. The number of carbonyl (C=O) groups is 1. The van der Waals surface area contributed by atoms with Gasteiger partial charge in [-0.3, -0.25) is 9.36 Å². The summed E-state index contributed by atoms with van der Waals surface area (Å²) in [6, 6.07) is 14.6. The first kappa shape index (κ1) is 24.2. The van der Waals surface area contributed by atoms with Gasteiger partial charge in [0.15, 0.2) is 4.80 Å². The molecule has 34 heavy (non-hydrogen) atoms. The van der Waals surface area contributed by atoms with E-state index in [2.05, 4.69) is 20.9 Å². The van der Waals surface area contributed by atoms with E-state index in [0.29, 0.717) is 26.4 Å². The van der Waals surface area contributed by atoms with E-state index in [1.165, 1.54) is 11.3 Å². The molecule has 1 aromatic heterocycles. The van der Waals surface area contributed by atoms with Gasteiger partial charge >= 0.3 is 5.97 Å². The number of carbonyl (C=O) groups excluding carboxylic acids is 1. The third-order valence-electron chi connectivity index (χ3n) is 5.25. The SMILES string of the molecule is CCOC(=O)C1=C(C)N=c2s/c(=C/c3cc(Br)ccc3OC(C)C)c(=O)n2[C@H]1c1ccccc1. The van der Waals surface area contributed by atoms with Crippen LogP contribution in [0.3, 0.4) is 0 Å². The summed E-state index contributed by atoms with van der Waals surface area (Å²) in [5, 5.41) is 0. The van der Waals surface area contributed by atoms with Crippen molar-refractivity contribution in [3.63, 3.8) is 0 Å². The molecule has 1 aliphatic rings. The molecule has 1 atom stereocenters. The summed E-state index contributed by atoms with van der Waals surface area (Å²) < 4.78 is 14.2. The van der Waals surface area contributed by atoms with Gasteiger partial charge in [0, 0.05) is 10.0 Å². The van der Waals surface area contributed by atoms with Gasteiger partial charge in [-0.1, -0.05) is 57.6 Å². The molecule has 0 spiro atoms. The lowest BCUT2D eigenvalue weighted by molar-refractivity contribution is -0.139. The quantitative estimate of drug-likeness (QED) is 0.436. The molecule has 176 valence electrons. The smallest absolute Gasteiger partial charge is 0.338 e. The van der Waals surface area contributed by atoms with Gasteiger partial charge in [-0.05, 0) is 57.5 Å². The number of fused-ring (bicyclic) bond motifs is 1. The molecule has 6 nitrogen and oxygen atoms in total. The van der Waals surface area contributed by atoms with Gasteiger partial charge in [-0.25, -0.2) is 9.79 Å². The zero-order chi connectivity index (χ0) is 24.4. The van der Waals surface area contributed by atoms with E-state index in [9.17, 15) is 9.59 Å². The summed E-state index contributed by atoms with van der Waals surface area (Å²) in [6.07, 6.45) is 1.81. The summed E-state index contributed by atoms with van der Waals surface area (Å²) in [7, 11) is 0. The summed E-state index contributed by atoms with van der Waals surface area (Å²) in [5.41, 5.74) is 2.30. The van der Waals surface area contributed by atoms with Gasteiger partial charge in [-0.2, -0.15) is 0 Å². The van der Waals surface area contributed by atoms with Crippen molar-refractivity contribution in [2.45, 2.75) is 39.8 Å². The highest BCUT2D eigenvalue weighted by Crippen LogP contribution is 2.30. The summed E-state index contributed by atoms with van der Waals surface area (Å²) in [4.78, 5) is 31.8. The van der Waals surface area contributed by atoms with Crippen molar-refractivity contribution >= 4 is 39.3 Å². The van der Waals surface area contributed by atoms with E-state index in [4.69, 9.17) is 9.47 Å². The number of hydrogen-bond donors (Lipinski definition) is 0. The molecular formula is C26H25BrN2O4S. The fraction of sp³-hybridized carbons (Fsp3) is 0.269. The normalized spacial score (nSPS) is 15.8. The molecule has 0 saturated carbocycles. The highest BCUT2D eigenvalue weighted by molar-refractivity contribution is 9.10. The highest BCUT2D eigenvalue weighted by Gasteiger charge is 2.33. The number of esters is 1. The average Bonchev–Trinajstić information content (AvgIpc) is 3.09. The van der Waals surface area contributed by atoms with E-state index in [1.807, 2.05) is 68.5 Å². The summed E-state index contributed by atoms with van der Waals surface area (Å²) in [6.45, 7) is 7.69. The monoisotopic (exact) mass is 540 g/mol. The maximum Gasteiger partial charge on any atom is 0.338 e. The van der Waals surface area contributed by atoms with E-state index < -0.39 is 12.0 Å². The van der Waals surface area contributed by atoms with Gasteiger partial charge in [0.2, 0.25) is 0 Å². The predicted octanol–water partition coefficient (Wildman–Crippen LogP) is 4.35. The van der Waals surface area contributed by atoms with Crippen LogP contribution in [0.15, 0.2) is 74.1 Å². The summed E-state index contributed by atoms with van der Waals surface area (Å²) >= 11 is 4.80. The number of rotatable bonds is 6. The zero-order valence-corrected chi connectivity index (χ0v) is 21.8. The third-order valence-corrected chi connectivity index (χ3v) is 6.73. The van der Waals surface area contributed by atoms with Crippen molar-refractivity contribution in [2.24, 2.45) is 4.99 Å². The Morgan fingerprint density at radius 2 is 1.97 bits per heavy atom. The predicted molar refractivity (Wildman–Crippen MR) is 137 cm³/mol. The van der Waals surface area contributed by atoms with Crippen LogP contribution in [-0.4, -0.2) is 23.2 Å². The number of aromatic nitrogens is 1. The topological polar surface area (TPSA) is 69.9 Å². The largest absolute Gasteiger partial charge is 0.490 e. The Labute approximate surface area is 210 Å². The molecule has 2 heterocycles. The molecule has 0 amide bonds. The Kier molecular flexibility index (Phi) is 7.19. The first-order valence-electron chi connectivity index (χ1n) is 11.0. The minimum Gasteiger partial charge on any atom is -0.490 e. The van der Waals surface area contributed by atoms with Gasteiger partial charge in [0.1, 0.15) is 5.75 Å². The zero-order valence-electron chi connectivity index (χ0n) is 19.4. The van der Waals surface area contributed by atoms with Crippen LogP contribution in [0.25, 0.3) is 6.08 Å². The van der Waals surface area contributed by atoms with Crippen LogP contribution in [0.1, 0.15) is 44.9 Å². The molecule has 0 radical (unpaired) electrons. The molecule has 0 aliphatic carbocycles. The fourth-order valence-corrected chi connectivity index (χ4v) is 5.29. The maximum absolute atomic E-state index is 13.7. The van der Waals surface area contributed by atoms with Crippen LogP contribution in [0.5, 0.6) is 5.75 Å². The molecule has 4 rings (SSSR count). The number of benzene rings is 2. The molecule has 0 bridgehead atoms. The van der Waals surface area contributed by atoms with Gasteiger partial charge in [-0.15, -0.1) is 0 Å². The highest BCUT2D eigenvalue weighted by atomic mass is 79.9. The van der Waals surface area contributed by atoms with Crippen LogP contribution in [0.2, 0.25) is 0 Å². The van der Waals surface area contributed by atoms with Crippen LogP contribution in [0.4, 0.5) is 0 Å². The first-order chi connectivity index (χ1) is 16.3. The lowest BCUT2D eigenvalue weighted by atomic mass is 9.96. The maximum atomic E-state index is 13.7. The Balaban J connectivity index is 1.94. The second kappa shape index (κ2) is 10.1. The van der Waals surface area contributed by atoms with Crippen molar-refractivity contribution in [1.82, 2.24) is 4.57 Å². The number of allylic oxidation sites excluding steroid dienone is 1. The molecule has 0 saturated heterocycles. The number of halogens is 1. The van der Waals surface area contributed by atoms with E-state index in [0.717, 1.165) is 15.6 Å². The van der Waals surface area contributed by atoms with Crippen molar-refractivity contribution in [3.8, 4) is 5.75 Å². The number of hydrogen-bond acceptors (Lipinski definition) is 6. The van der Waals surface area contributed by atoms with Gasteiger partial charge in [0.05, 0.1) is 34.6 Å². The van der Waals surface area contributed by atoms with Crippen LogP contribution >= 0.6 is 27.3 Å². The molecule has 3 aromatic rings. The van der Waals surface area contributed by atoms with Crippen molar-refractivity contribution in [3.05, 3.63) is 95.1 Å². The molecule has 8 heteroatoms. The Bertz CT molecular complexity index is 1440. The molecule has 0 N–H and O–H groups in total.